The molecule has 2 aliphatic heterocycles. The molecule has 0 saturated carbocycles. The molecule has 1 N–H and O–H groups in total. The van der Waals surface area contributed by atoms with Crippen molar-refractivity contribution >= 4 is 33.5 Å². The molecule has 1 saturated heterocycles. The van der Waals surface area contributed by atoms with Gasteiger partial charge in [0.15, 0.2) is 0 Å². The third kappa shape index (κ3) is 1.35. The van der Waals surface area contributed by atoms with Gasteiger partial charge in [0.1, 0.15) is 6.54 Å². The van der Waals surface area contributed by atoms with Crippen LogP contribution in [-0.2, 0) is 11.3 Å². The summed E-state index contributed by atoms with van der Waals surface area (Å²) in [4.78, 5) is 17.7. The zero-order chi connectivity index (χ0) is 11.3. The number of amides is 1. The molecule has 4 nitrogen and oxygen atoms in total. The molecule has 0 bridgehead atoms. The van der Waals surface area contributed by atoms with E-state index in [9.17, 15) is 4.79 Å². The number of nitrogens with one attached hydrogen (secondary N) is 1. The fourth-order valence-corrected chi connectivity index (χ4v) is 2.42. The SMILES string of the molecule is Cc1c(Br)ccc2c1CN1CC(=O)NC1=N2. The fourth-order valence-electron chi connectivity index (χ4n) is 2.04. The smallest absolute Gasteiger partial charge is 0.246 e. The van der Waals surface area contributed by atoms with Gasteiger partial charge in [-0.15, -0.1) is 0 Å². The molecule has 1 fully saturated rings. The van der Waals surface area contributed by atoms with Gasteiger partial charge in [0.25, 0.3) is 0 Å². The quantitative estimate of drug-likeness (QED) is 0.786. The minimum atomic E-state index is 0.0169. The number of halogens is 1. The molecule has 0 spiro atoms. The molecule has 0 atom stereocenters. The number of carbonyl (C=O) groups is 1. The maximum Gasteiger partial charge on any atom is 0.246 e. The van der Waals surface area contributed by atoms with Crippen molar-refractivity contribution in [3.8, 4) is 0 Å². The van der Waals surface area contributed by atoms with Crippen LogP contribution in [0.15, 0.2) is 21.6 Å². The van der Waals surface area contributed by atoms with E-state index in [4.69, 9.17) is 0 Å². The second-order valence-electron chi connectivity index (χ2n) is 4.01. The van der Waals surface area contributed by atoms with E-state index in [2.05, 4.69) is 33.2 Å². The molecule has 82 valence electrons. The predicted octanol–water partition coefficient (Wildman–Crippen LogP) is 1.69. The highest BCUT2D eigenvalue weighted by Crippen LogP contribution is 2.33. The van der Waals surface area contributed by atoms with E-state index in [1.54, 1.807) is 0 Å². The molecule has 5 heteroatoms. The van der Waals surface area contributed by atoms with Gasteiger partial charge in [-0.1, -0.05) is 15.9 Å². The monoisotopic (exact) mass is 279 g/mol. The Hall–Kier alpha value is -1.36. The first-order valence-corrected chi connectivity index (χ1v) is 5.86. The lowest BCUT2D eigenvalue weighted by Crippen LogP contribution is -2.32. The first-order valence-electron chi connectivity index (χ1n) is 5.06. The highest BCUT2D eigenvalue weighted by Gasteiger charge is 2.29. The van der Waals surface area contributed by atoms with Crippen LogP contribution in [0, 0.1) is 6.92 Å². The van der Waals surface area contributed by atoms with Gasteiger partial charge in [0.2, 0.25) is 11.9 Å². The van der Waals surface area contributed by atoms with Crippen LogP contribution in [0.3, 0.4) is 0 Å². The zero-order valence-electron chi connectivity index (χ0n) is 8.75. The number of hydrogen-bond donors (Lipinski definition) is 1. The standard InChI is InChI=1S/C11H10BrN3O/c1-6-7-4-15-5-10(16)14-11(15)13-9(7)3-2-8(6)12/h2-3H,4-5H2,1H3,(H,13,14,16). The Morgan fingerprint density at radius 2 is 2.25 bits per heavy atom. The van der Waals surface area contributed by atoms with Gasteiger partial charge in [0, 0.05) is 16.6 Å². The molecular weight excluding hydrogens is 270 g/mol. The first kappa shape index (κ1) is 9.84. The van der Waals surface area contributed by atoms with Gasteiger partial charge in [-0.2, -0.15) is 0 Å². The molecule has 0 aromatic heterocycles. The van der Waals surface area contributed by atoms with Crippen molar-refractivity contribution in [2.75, 3.05) is 6.54 Å². The Bertz CT molecular complexity index is 524. The van der Waals surface area contributed by atoms with Crippen LogP contribution in [-0.4, -0.2) is 23.3 Å². The Labute approximate surface area is 101 Å². The molecule has 1 amide bonds. The summed E-state index contributed by atoms with van der Waals surface area (Å²) in [6.07, 6.45) is 0. The highest BCUT2D eigenvalue weighted by molar-refractivity contribution is 9.10. The van der Waals surface area contributed by atoms with E-state index in [1.165, 1.54) is 11.1 Å². The van der Waals surface area contributed by atoms with Crippen molar-refractivity contribution in [3.05, 3.63) is 27.7 Å². The van der Waals surface area contributed by atoms with Crippen LogP contribution < -0.4 is 5.32 Å². The van der Waals surface area contributed by atoms with E-state index in [0.717, 1.165) is 16.7 Å². The average molecular weight is 280 g/mol. The summed E-state index contributed by atoms with van der Waals surface area (Å²) >= 11 is 3.51. The normalized spacial score (nSPS) is 17.8. The van der Waals surface area contributed by atoms with Crippen LogP contribution in [0.4, 0.5) is 5.69 Å². The van der Waals surface area contributed by atoms with Gasteiger partial charge in [0.05, 0.1) is 5.69 Å². The maximum absolute atomic E-state index is 11.3. The lowest BCUT2D eigenvalue weighted by Gasteiger charge is -2.24. The number of benzene rings is 1. The van der Waals surface area contributed by atoms with Gasteiger partial charge in [-0.05, 0) is 24.6 Å². The average Bonchev–Trinajstić information content (AvgIpc) is 2.61. The number of nitrogens with zero attached hydrogens (tertiary/aromatic N) is 2. The van der Waals surface area contributed by atoms with Crippen molar-refractivity contribution in [2.45, 2.75) is 13.5 Å². The number of guanidine groups is 1. The van der Waals surface area contributed by atoms with Crippen molar-refractivity contribution in [1.82, 2.24) is 10.2 Å². The van der Waals surface area contributed by atoms with Crippen LogP contribution in [0.25, 0.3) is 0 Å². The summed E-state index contributed by atoms with van der Waals surface area (Å²) < 4.78 is 1.09. The second kappa shape index (κ2) is 3.31. The van der Waals surface area contributed by atoms with Crippen LogP contribution in [0.1, 0.15) is 11.1 Å². The molecule has 2 heterocycles. The Morgan fingerprint density at radius 1 is 1.44 bits per heavy atom. The predicted molar refractivity (Wildman–Crippen MR) is 64.5 cm³/mol. The minimum absolute atomic E-state index is 0.0169. The van der Waals surface area contributed by atoms with E-state index < -0.39 is 0 Å². The summed E-state index contributed by atoms with van der Waals surface area (Å²) in [6.45, 7) is 3.22. The van der Waals surface area contributed by atoms with E-state index in [1.807, 2.05) is 17.0 Å². The summed E-state index contributed by atoms with van der Waals surface area (Å²) in [5, 5.41) is 2.76. The molecule has 2 aliphatic rings. The van der Waals surface area contributed by atoms with Crippen molar-refractivity contribution < 1.29 is 4.79 Å². The molecule has 1 aromatic rings. The molecular formula is C11H10BrN3O. The number of rotatable bonds is 0. The second-order valence-corrected chi connectivity index (χ2v) is 4.86. The fraction of sp³-hybridized carbons (Fsp3) is 0.273. The lowest BCUT2D eigenvalue weighted by atomic mass is 10.1. The maximum atomic E-state index is 11.3. The molecule has 16 heavy (non-hydrogen) atoms. The Morgan fingerprint density at radius 3 is 3.06 bits per heavy atom. The van der Waals surface area contributed by atoms with Gasteiger partial charge in [-0.3, -0.25) is 10.1 Å². The Balaban J connectivity index is 2.12. The van der Waals surface area contributed by atoms with Crippen LogP contribution in [0.5, 0.6) is 0 Å². The largest absolute Gasteiger partial charge is 0.329 e. The van der Waals surface area contributed by atoms with Crippen LogP contribution >= 0.6 is 15.9 Å². The first-order chi connectivity index (χ1) is 7.65. The van der Waals surface area contributed by atoms with E-state index in [0.29, 0.717) is 12.5 Å². The lowest BCUT2D eigenvalue weighted by molar-refractivity contribution is -0.118. The topological polar surface area (TPSA) is 44.7 Å². The third-order valence-electron chi connectivity index (χ3n) is 2.97. The molecule has 3 rings (SSSR count). The Kier molecular flexibility index (Phi) is 2.04. The van der Waals surface area contributed by atoms with E-state index >= 15 is 0 Å². The molecule has 0 unspecified atom stereocenters. The number of aliphatic imine (C=N–C) groups is 1. The van der Waals surface area contributed by atoms with Crippen molar-refractivity contribution in [3.63, 3.8) is 0 Å². The molecule has 0 aliphatic carbocycles. The molecule has 0 radical (unpaired) electrons. The van der Waals surface area contributed by atoms with Gasteiger partial charge >= 0.3 is 0 Å². The summed E-state index contributed by atoms with van der Waals surface area (Å²) in [6, 6.07) is 3.96. The third-order valence-corrected chi connectivity index (χ3v) is 3.83. The summed E-state index contributed by atoms with van der Waals surface area (Å²) in [7, 11) is 0. The van der Waals surface area contributed by atoms with E-state index in [-0.39, 0.29) is 5.91 Å². The van der Waals surface area contributed by atoms with Crippen molar-refractivity contribution in [1.29, 1.82) is 0 Å². The van der Waals surface area contributed by atoms with Crippen molar-refractivity contribution in [2.24, 2.45) is 4.99 Å². The van der Waals surface area contributed by atoms with Gasteiger partial charge in [-0.25, -0.2) is 4.99 Å². The summed E-state index contributed by atoms with van der Waals surface area (Å²) in [5.41, 5.74) is 3.34. The number of hydrogen-bond acceptors (Lipinski definition) is 3. The number of carbonyl (C=O) groups excluding carboxylic acids is 1. The van der Waals surface area contributed by atoms with Gasteiger partial charge < -0.3 is 4.90 Å². The molecule has 1 aromatic carbocycles. The number of fused-ring (bicyclic) bond motifs is 2. The minimum Gasteiger partial charge on any atom is -0.329 e. The highest BCUT2D eigenvalue weighted by atomic mass is 79.9. The summed E-state index contributed by atoms with van der Waals surface area (Å²) in [5.74, 6) is 0.697. The van der Waals surface area contributed by atoms with Crippen LogP contribution in [0.2, 0.25) is 0 Å². The zero-order valence-corrected chi connectivity index (χ0v) is 10.3.